The minimum atomic E-state index is 0.552. The van der Waals surface area contributed by atoms with Crippen LogP contribution >= 0.6 is 0 Å². The molecule has 0 amide bonds. The molecule has 16 heavy (non-hydrogen) atoms. The highest BCUT2D eigenvalue weighted by Crippen LogP contribution is 2.35. The minimum absolute atomic E-state index is 0.552. The van der Waals surface area contributed by atoms with E-state index in [9.17, 15) is 0 Å². The first kappa shape index (κ1) is 12.7. The largest absolute Gasteiger partial charge is 0.496 e. The van der Waals surface area contributed by atoms with Crippen molar-refractivity contribution in [3.8, 4) is 17.2 Å². The van der Waals surface area contributed by atoms with Gasteiger partial charge in [-0.15, -0.1) is 0 Å². The smallest absolute Gasteiger partial charge is 0.129 e. The summed E-state index contributed by atoms with van der Waals surface area (Å²) >= 11 is 0. The van der Waals surface area contributed by atoms with E-state index >= 15 is 0 Å². The van der Waals surface area contributed by atoms with Crippen LogP contribution < -0.4 is 14.2 Å². The van der Waals surface area contributed by atoms with Gasteiger partial charge in [-0.2, -0.15) is 0 Å². The van der Waals surface area contributed by atoms with Gasteiger partial charge in [0.05, 0.1) is 21.3 Å². The summed E-state index contributed by atoms with van der Waals surface area (Å²) in [5, 5.41) is 0. The normalized spacial score (nSPS) is 10.4. The Labute approximate surface area is 97.3 Å². The van der Waals surface area contributed by atoms with E-state index in [-0.39, 0.29) is 0 Å². The molecule has 90 valence electrons. The van der Waals surface area contributed by atoms with Crippen LogP contribution in [-0.2, 0) is 6.42 Å². The Balaban J connectivity index is 3.20. The zero-order chi connectivity index (χ0) is 12.1. The number of methoxy groups -OCH3 is 3. The molecule has 0 N–H and O–H groups in total. The minimum Gasteiger partial charge on any atom is -0.496 e. The lowest BCUT2D eigenvalue weighted by Crippen LogP contribution is -2.02. The van der Waals surface area contributed by atoms with Crippen molar-refractivity contribution in [1.29, 1.82) is 0 Å². The first-order valence-corrected chi connectivity index (χ1v) is 5.41. The Hall–Kier alpha value is -1.38. The van der Waals surface area contributed by atoms with E-state index in [0.717, 1.165) is 29.2 Å². The van der Waals surface area contributed by atoms with Crippen LogP contribution in [-0.4, -0.2) is 21.3 Å². The summed E-state index contributed by atoms with van der Waals surface area (Å²) in [5.41, 5.74) is 1.10. The van der Waals surface area contributed by atoms with Gasteiger partial charge in [-0.3, -0.25) is 0 Å². The van der Waals surface area contributed by atoms with Crippen LogP contribution in [0.4, 0.5) is 0 Å². The number of hydrogen-bond acceptors (Lipinski definition) is 3. The Morgan fingerprint density at radius 2 is 1.44 bits per heavy atom. The fourth-order valence-corrected chi connectivity index (χ4v) is 1.69. The molecule has 0 aliphatic heterocycles. The quantitative estimate of drug-likeness (QED) is 0.769. The van der Waals surface area contributed by atoms with Crippen molar-refractivity contribution >= 4 is 0 Å². The van der Waals surface area contributed by atoms with E-state index in [1.165, 1.54) is 0 Å². The molecule has 0 spiro atoms. The van der Waals surface area contributed by atoms with Gasteiger partial charge in [0.25, 0.3) is 0 Å². The third-order valence-electron chi connectivity index (χ3n) is 2.43. The van der Waals surface area contributed by atoms with Crippen LogP contribution in [0, 0.1) is 5.92 Å². The summed E-state index contributed by atoms with van der Waals surface area (Å²) in [6, 6.07) is 3.78. The molecule has 3 heteroatoms. The van der Waals surface area contributed by atoms with Crippen LogP contribution in [0.5, 0.6) is 17.2 Å². The molecular weight excluding hydrogens is 204 g/mol. The Bertz CT molecular complexity index is 320. The summed E-state index contributed by atoms with van der Waals surface area (Å²) in [4.78, 5) is 0. The van der Waals surface area contributed by atoms with Crippen LogP contribution in [0.1, 0.15) is 19.4 Å². The number of benzene rings is 1. The summed E-state index contributed by atoms with van der Waals surface area (Å²) in [7, 11) is 4.96. The number of ether oxygens (including phenoxy) is 3. The molecule has 0 bridgehead atoms. The van der Waals surface area contributed by atoms with Gasteiger partial charge >= 0.3 is 0 Å². The molecule has 0 fully saturated rings. The monoisotopic (exact) mass is 224 g/mol. The van der Waals surface area contributed by atoms with Crippen molar-refractivity contribution in [3.05, 3.63) is 17.7 Å². The molecule has 0 aliphatic carbocycles. The van der Waals surface area contributed by atoms with Crippen LogP contribution in [0.25, 0.3) is 0 Å². The molecule has 1 aromatic rings. The summed E-state index contributed by atoms with van der Waals surface area (Å²) < 4.78 is 15.9. The van der Waals surface area contributed by atoms with Crippen molar-refractivity contribution in [2.45, 2.75) is 20.3 Å². The topological polar surface area (TPSA) is 27.7 Å². The average molecular weight is 224 g/mol. The maximum atomic E-state index is 5.37. The SMILES string of the molecule is COc1cc(OC)c(CC(C)C)c(OC)c1. The van der Waals surface area contributed by atoms with E-state index in [1.54, 1.807) is 21.3 Å². The van der Waals surface area contributed by atoms with E-state index in [1.807, 2.05) is 12.1 Å². The average Bonchev–Trinajstić information content (AvgIpc) is 2.28. The van der Waals surface area contributed by atoms with Crippen LogP contribution in [0.2, 0.25) is 0 Å². The van der Waals surface area contributed by atoms with Gasteiger partial charge in [0.15, 0.2) is 0 Å². The fraction of sp³-hybridized carbons (Fsp3) is 0.538. The maximum absolute atomic E-state index is 5.37. The summed E-state index contributed by atoms with van der Waals surface area (Å²) in [6.07, 6.45) is 0.927. The molecule has 0 heterocycles. The van der Waals surface area contributed by atoms with Crippen molar-refractivity contribution in [2.24, 2.45) is 5.92 Å². The number of rotatable bonds is 5. The molecule has 0 atom stereocenters. The van der Waals surface area contributed by atoms with E-state index < -0.39 is 0 Å². The summed E-state index contributed by atoms with van der Waals surface area (Å²) in [5.74, 6) is 2.95. The zero-order valence-electron chi connectivity index (χ0n) is 10.7. The predicted molar refractivity (Wildman–Crippen MR) is 64.6 cm³/mol. The van der Waals surface area contributed by atoms with Crippen molar-refractivity contribution in [3.63, 3.8) is 0 Å². The van der Waals surface area contributed by atoms with Gasteiger partial charge in [-0.25, -0.2) is 0 Å². The van der Waals surface area contributed by atoms with Gasteiger partial charge in [0.1, 0.15) is 17.2 Å². The molecule has 0 saturated carbocycles. The molecule has 1 aromatic carbocycles. The van der Waals surface area contributed by atoms with Crippen molar-refractivity contribution in [2.75, 3.05) is 21.3 Å². The lowest BCUT2D eigenvalue weighted by atomic mass is 10.0. The summed E-state index contributed by atoms with van der Waals surface area (Å²) in [6.45, 7) is 4.34. The third kappa shape index (κ3) is 2.81. The standard InChI is InChI=1S/C13H20O3/c1-9(2)6-11-12(15-4)7-10(14-3)8-13(11)16-5/h7-9H,6H2,1-5H3. The number of hydrogen-bond donors (Lipinski definition) is 0. The highest BCUT2D eigenvalue weighted by molar-refractivity contribution is 5.50. The molecule has 3 nitrogen and oxygen atoms in total. The lowest BCUT2D eigenvalue weighted by molar-refractivity contribution is 0.365. The molecule has 1 rings (SSSR count). The molecule has 0 radical (unpaired) electrons. The highest BCUT2D eigenvalue weighted by atomic mass is 16.5. The van der Waals surface area contributed by atoms with E-state index in [2.05, 4.69) is 13.8 Å². The van der Waals surface area contributed by atoms with Crippen LogP contribution in [0.3, 0.4) is 0 Å². The van der Waals surface area contributed by atoms with Crippen molar-refractivity contribution in [1.82, 2.24) is 0 Å². The second kappa shape index (κ2) is 5.64. The lowest BCUT2D eigenvalue weighted by Gasteiger charge is -2.16. The zero-order valence-corrected chi connectivity index (χ0v) is 10.7. The van der Waals surface area contributed by atoms with Gasteiger partial charge in [0.2, 0.25) is 0 Å². The highest BCUT2D eigenvalue weighted by Gasteiger charge is 2.14. The molecule has 0 unspecified atom stereocenters. The first-order valence-electron chi connectivity index (χ1n) is 5.41. The Morgan fingerprint density at radius 3 is 1.75 bits per heavy atom. The van der Waals surface area contributed by atoms with Gasteiger partial charge in [-0.1, -0.05) is 13.8 Å². The second-order valence-electron chi connectivity index (χ2n) is 4.11. The molecule has 0 aliphatic rings. The third-order valence-corrected chi connectivity index (χ3v) is 2.43. The fourth-order valence-electron chi connectivity index (χ4n) is 1.69. The predicted octanol–water partition coefficient (Wildman–Crippen LogP) is 2.91. The Morgan fingerprint density at radius 1 is 0.938 bits per heavy atom. The molecule has 0 aromatic heterocycles. The second-order valence-corrected chi connectivity index (χ2v) is 4.11. The molecular formula is C13H20O3. The first-order chi connectivity index (χ1) is 7.62. The van der Waals surface area contributed by atoms with Crippen LogP contribution in [0.15, 0.2) is 12.1 Å². The maximum Gasteiger partial charge on any atom is 0.129 e. The van der Waals surface area contributed by atoms with E-state index in [4.69, 9.17) is 14.2 Å². The van der Waals surface area contributed by atoms with Gasteiger partial charge in [0, 0.05) is 17.7 Å². The van der Waals surface area contributed by atoms with Gasteiger partial charge in [-0.05, 0) is 12.3 Å². The Kier molecular flexibility index (Phi) is 4.47. The van der Waals surface area contributed by atoms with Gasteiger partial charge < -0.3 is 14.2 Å². The van der Waals surface area contributed by atoms with E-state index in [0.29, 0.717) is 5.92 Å². The van der Waals surface area contributed by atoms with Crippen molar-refractivity contribution < 1.29 is 14.2 Å². The molecule has 0 saturated heterocycles.